The quantitative estimate of drug-likeness (QED) is 0.435. The Hall–Kier alpha value is -3.11. The smallest absolute Gasteiger partial charge is 0.386 e. The van der Waals surface area contributed by atoms with Crippen LogP contribution in [0.2, 0.25) is 0 Å². The Morgan fingerprint density at radius 3 is 2.54 bits per heavy atom. The van der Waals surface area contributed by atoms with E-state index in [4.69, 9.17) is 0 Å². The first-order chi connectivity index (χ1) is 17.5. The Morgan fingerprint density at radius 2 is 1.84 bits per heavy atom. The topological polar surface area (TPSA) is 70.7 Å². The van der Waals surface area contributed by atoms with Gasteiger partial charge in [0.15, 0.2) is 5.17 Å². The first kappa shape index (κ1) is 25.5. The molecule has 1 aromatic heterocycles. The molecule has 2 aromatic carbocycles. The lowest BCUT2D eigenvalue weighted by molar-refractivity contribution is -0.138. The van der Waals surface area contributed by atoms with Crippen LogP contribution in [0.5, 0.6) is 0 Å². The highest BCUT2D eigenvalue weighted by Crippen LogP contribution is 2.36. The molecule has 2 aliphatic heterocycles. The number of likely N-dealkylation sites (tertiary alicyclic amines) is 1. The van der Waals surface area contributed by atoms with Crippen LogP contribution < -0.4 is 0 Å². The molecule has 1 saturated heterocycles. The van der Waals surface area contributed by atoms with Gasteiger partial charge in [0.25, 0.3) is 5.91 Å². The Kier molecular flexibility index (Phi) is 6.66. The molecule has 0 radical (unpaired) electrons. The summed E-state index contributed by atoms with van der Waals surface area (Å²) < 4.78 is 43.0. The number of rotatable bonds is 4. The molecular weight excluding hydrogens is 501 g/mol. The lowest BCUT2D eigenvalue weighted by Gasteiger charge is -2.27. The summed E-state index contributed by atoms with van der Waals surface area (Å²) in [5, 5.41) is 16.0. The minimum absolute atomic E-state index is 0.0621. The van der Waals surface area contributed by atoms with Gasteiger partial charge in [0, 0.05) is 18.5 Å². The maximum Gasteiger partial charge on any atom is 0.416 e. The second kappa shape index (κ2) is 9.64. The van der Waals surface area contributed by atoms with E-state index >= 15 is 0 Å². The van der Waals surface area contributed by atoms with Crippen molar-refractivity contribution in [3.05, 3.63) is 69.8 Å². The van der Waals surface area contributed by atoms with Crippen LogP contribution in [-0.4, -0.2) is 44.0 Å². The molecule has 0 aliphatic carbocycles. The van der Waals surface area contributed by atoms with Gasteiger partial charge >= 0.3 is 6.18 Å². The van der Waals surface area contributed by atoms with E-state index in [0.29, 0.717) is 10.4 Å². The maximum absolute atomic E-state index is 13.8. The van der Waals surface area contributed by atoms with E-state index in [0.717, 1.165) is 48.1 Å². The number of aliphatic hydroxyl groups is 1. The minimum atomic E-state index is -4.57. The number of hydrogen-bond donors (Lipinski definition) is 1. The Labute approximate surface area is 216 Å². The molecule has 1 amide bonds. The third-order valence-electron chi connectivity index (χ3n) is 6.64. The summed E-state index contributed by atoms with van der Waals surface area (Å²) in [5.74, 6) is -0.254. The molecule has 194 valence electrons. The number of carbonyl (C=O) groups excluding carboxylic acids is 1. The third kappa shape index (κ3) is 5.45. The lowest BCUT2D eigenvalue weighted by Crippen LogP contribution is -2.33. The van der Waals surface area contributed by atoms with Crippen LogP contribution in [0, 0.1) is 0 Å². The lowest BCUT2D eigenvalue weighted by atomic mass is 9.93. The number of thioether (sulfide) groups is 1. The summed E-state index contributed by atoms with van der Waals surface area (Å²) in [7, 11) is 0. The number of hydrogen-bond acceptors (Lipinski definition) is 5. The Morgan fingerprint density at radius 1 is 1.08 bits per heavy atom. The van der Waals surface area contributed by atoms with E-state index in [1.54, 1.807) is 18.3 Å². The number of amidine groups is 1. The van der Waals surface area contributed by atoms with Crippen molar-refractivity contribution in [2.24, 2.45) is 4.99 Å². The van der Waals surface area contributed by atoms with Crippen molar-refractivity contribution in [3.63, 3.8) is 0 Å². The predicted octanol–water partition coefficient (Wildman–Crippen LogP) is 5.79. The number of fused-ring (bicyclic) bond motifs is 1. The number of aromatic nitrogens is 2. The zero-order valence-electron chi connectivity index (χ0n) is 20.5. The van der Waals surface area contributed by atoms with Gasteiger partial charge in [-0.25, -0.2) is 0 Å². The molecule has 1 fully saturated rings. The van der Waals surface area contributed by atoms with Gasteiger partial charge in [-0.1, -0.05) is 18.2 Å². The number of nitrogens with zero attached hydrogens (tertiary/aromatic N) is 4. The third-order valence-corrected chi connectivity index (χ3v) is 7.69. The summed E-state index contributed by atoms with van der Waals surface area (Å²) in [5.41, 5.74) is -0.454. The first-order valence-corrected chi connectivity index (χ1v) is 13.0. The highest BCUT2D eigenvalue weighted by molar-refractivity contribution is 8.18. The van der Waals surface area contributed by atoms with Crippen molar-refractivity contribution in [2.75, 3.05) is 13.1 Å². The van der Waals surface area contributed by atoms with Gasteiger partial charge in [-0.3, -0.25) is 9.48 Å². The molecule has 2 aliphatic rings. The molecular formula is C27H27F3N4O2S. The molecule has 0 saturated carbocycles. The zero-order chi connectivity index (χ0) is 26.4. The van der Waals surface area contributed by atoms with Crippen LogP contribution in [0.4, 0.5) is 13.2 Å². The van der Waals surface area contributed by atoms with E-state index in [-0.39, 0.29) is 23.6 Å². The highest BCUT2D eigenvalue weighted by Gasteiger charge is 2.35. The molecule has 0 spiro atoms. The fraction of sp³-hybridized carbons (Fsp3) is 0.370. The summed E-state index contributed by atoms with van der Waals surface area (Å²) in [6.07, 6.45) is 2.22. The van der Waals surface area contributed by atoms with Crippen molar-refractivity contribution < 1.29 is 23.1 Å². The minimum Gasteiger partial charge on any atom is -0.386 e. The van der Waals surface area contributed by atoms with Crippen LogP contribution >= 0.6 is 11.8 Å². The molecule has 0 atom stereocenters. The van der Waals surface area contributed by atoms with Gasteiger partial charge < -0.3 is 10.0 Å². The van der Waals surface area contributed by atoms with Gasteiger partial charge in [-0.15, -0.1) is 0 Å². The summed E-state index contributed by atoms with van der Waals surface area (Å²) in [6.45, 7) is 4.65. The van der Waals surface area contributed by atoms with Crippen molar-refractivity contribution in [2.45, 2.75) is 51.4 Å². The molecule has 0 bridgehead atoms. The van der Waals surface area contributed by atoms with Crippen molar-refractivity contribution in [1.29, 1.82) is 0 Å². The molecule has 3 aromatic rings. The van der Waals surface area contributed by atoms with Crippen LogP contribution in [-0.2, 0) is 23.1 Å². The van der Waals surface area contributed by atoms with Crippen molar-refractivity contribution in [3.8, 4) is 0 Å². The van der Waals surface area contributed by atoms with Gasteiger partial charge in [-0.05, 0) is 85.8 Å². The van der Waals surface area contributed by atoms with Crippen molar-refractivity contribution >= 4 is 39.8 Å². The van der Waals surface area contributed by atoms with Gasteiger partial charge in [-0.2, -0.15) is 23.3 Å². The molecule has 5 rings (SSSR count). The largest absolute Gasteiger partial charge is 0.416 e. The second-order valence-electron chi connectivity index (χ2n) is 9.91. The molecule has 37 heavy (non-hydrogen) atoms. The molecule has 10 heteroatoms. The monoisotopic (exact) mass is 528 g/mol. The fourth-order valence-electron chi connectivity index (χ4n) is 4.61. The van der Waals surface area contributed by atoms with Gasteiger partial charge in [0.05, 0.1) is 34.3 Å². The molecule has 1 N–H and O–H groups in total. The molecule has 0 unspecified atom stereocenters. The van der Waals surface area contributed by atoms with Crippen LogP contribution in [0.25, 0.3) is 17.0 Å². The highest BCUT2D eigenvalue weighted by atomic mass is 32.2. The normalized spacial score (nSPS) is 18.2. The van der Waals surface area contributed by atoms with E-state index in [9.17, 15) is 23.1 Å². The molecule has 3 heterocycles. The zero-order valence-corrected chi connectivity index (χ0v) is 21.4. The predicted molar refractivity (Wildman–Crippen MR) is 139 cm³/mol. The van der Waals surface area contributed by atoms with Crippen molar-refractivity contribution in [1.82, 2.24) is 14.7 Å². The average Bonchev–Trinajstić information content (AvgIpc) is 3.41. The van der Waals surface area contributed by atoms with E-state index in [1.807, 2.05) is 12.1 Å². The fourth-order valence-corrected chi connectivity index (χ4v) is 5.58. The van der Waals surface area contributed by atoms with E-state index in [2.05, 4.69) is 15.0 Å². The number of alkyl halides is 3. The van der Waals surface area contributed by atoms with E-state index < -0.39 is 17.3 Å². The first-order valence-electron chi connectivity index (χ1n) is 12.1. The summed E-state index contributed by atoms with van der Waals surface area (Å²) in [6, 6.07) is 9.39. The van der Waals surface area contributed by atoms with Gasteiger partial charge in [0.2, 0.25) is 0 Å². The Balaban J connectivity index is 1.39. The van der Waals surface area contributed by atoms with E-state index in [1.165, 1.54) is 48.8 Å². The van der Waals surface area contributed by atoms with Crippen LogP contribution in [0.1, 0.15) is 55.4 Å². The number of benzene rings is 2. The number of halogens is 3. The number of amides is 1. The van der Waals surface area contributed by atoms with Gasteiger partial charge in [0.1, 0.15) is 0 Å². The number of aliphatic imine (C=N–C) groups is 1. The SMILES string of the molecule is CC(C)(O)c1ccc(Cn2ncc3cc(/C=C4\SC(N5CCCCC5)=NC4=O)ccc32)c(C(F)(F)F)c1. The Bertz CT molecular complexity index is 1410. The standard InChI is InChI=1S/C27H27F3N4O2S/c1-26(2,36)20-8-7-18(21(14-20)27(28,29)30)16-34-22-9-6-17(12-19(22)15-31-34)13-23-24(35)32-25(37-23)33-10-4-3-5-11-33/h6-9,12-15,36H,3-5,10-11,16H2,1-2H3/b23-13-. The summed E-state index contributed by atoms with van der Waals surface area (Å²) >= 11 is 1.38. The summed E-state index contributed by atoms with van der Waals surface area (Å²) in [4.78, 5) is 19.4. The molecule has 6 nitrogen and oxygen atoms in total. The van der Waals surface area contributed by atoms with Crippen LogP contribution in [0.3, 0.4) is 0 Å². The number of piperidine rings is 1. The van der Waals surface area contributed by atoms with Crippen LogP contribution in [0.15, 0.2) is 52.5 Å². The average molecular weight is 529 g/mol. The second-order valence-corrected chi connectivity index (χ2v) is 10.9. The maximum atomic E-state index is 13.8. The number of carbonyl (C=O) groups is 1.